The molecule has 0 unspecified atom stereocenters. The number of halogens is 1. The Morgan fingerprint density at radius 2 is 1.04 bits per heavy atom. The van der Waals surface area contributed by atoms with E-state index in [0.29, 0.717) is 0 Å². The van der Waals surface area contributed by atoms with Crippen LogP contribution in [0.2, 0.25) is 0 Å². The van der Waals surface area contributed by atoms with E-state index in [9.17, 15) is 0 Å². The first kappa shape index (κ1) is 14.5. The molecule has 5 rings (SSSR count). The maximum Gasteiger partial charge on any atom is 0.00753 e. The molecule has 2 heteroatoms. The van der Waals surface area contributed by atoms with Crippen molar-refractivity contribution in [1.29, 1.82) is 0 Å². The predicted molar refractivity (Wildman–Crippen MR) is 107 cm³/mol. The monoisotopic (exact) mass is 346 g/mol. The SMILES string of the molecule is ClP1Cc2ccc3ccccc3c2-c2c(ccc3ccccc23)C1. The fourth-order valence-corrected chi connectivity index (χ4v) is 6.06. The number of benzene rings is 4. The summed E-state index contributed by atoms with van der Waals surface area (Å²) in [6, 6.07) is 26.5. The fraction of sp³-hybridized carbons (Fsp3) is 0.0909. The lowest BCUT2D eigenvalue weighted by atomic mass is 9.88. The molecule has 0 atom stereocenters. The molecule has 0 nitrogen and oxygen atoms in total. The van der Waals surface area contributed by atoms with Crippen LogP contribution in [0.5, 0.6) is 0 Å². The molecule has 0 saturated heterocycles. The van der Waals surface area contributed by atoms with E-state index in [1.54, 1.807) is 0 Å². The summed E-state index contributed by atoms with van der Waals surface area (Å²) >= 11 is 6.74. The zero-order valence-electron chi connectivity index (χ0n) is 13.2. The van der Waals surface area contributed by atoms with E-state index in [0.717, 1.165) is 12.3 Å². The highest BCUT2D eigenvalue weighted by molar-refractivity contribution is 7.82. The highest BCUT2D eigenvalue weighted by Crippen LogP contribution is 2.55. The molecule has 0 saturated carbocycles. The number of hydrogen-bond donors (Lipinski definition) is 0. The molecule has 1 aliphatic rings. The zero-order valence-corrected chi connectivity index (χ0v) is 14.8. The van der Waals surface area contributed by atoms with Crippen LogP contribution in [0.25, 0.3) is 32.7 Å². The first-order valence-corrected chi connectivity index (χ1v) is 10.9. The van der Waals surface area contributed by atoms with Crippen LogP contribution in [0.1, 0.15) is 11.1 Å². The summed E-state index contributed by atoms with van der Waals surface area (Å²) in [6.45, 7) is 0. The van der Waals surface area contributed by atoms with Gasteiger partial charge in [0, 0.05) is 12.3 Å². The first-order valence-electron chi connectivity index (χ1n) is 8.23. The summed E-state index contributed by atoms with van der Waals surface area (Å²) < 4.78 is 0. The lowest BCUT2D eigenvalue weighted by molar-refractivity contribution is 1.41. The summed E-state index contributed by atoms with van der Waals surface area (Å²) in [7, 11) is -0.530. The summed E-state index contributed by atoms with van der Waals surface area (Å²) in [6.07, 6.45) is 1.97. The quantitative estimate of drug-likeness (QED) is 0.293. The van der Waals surface area contributed by atoms with E-state index in [-0.39, 0.29) is 0 Å². The van der Waals surface area contributed by atoms with Gasteiger partial charge in [0.05, 0.1) is 0 Å². The van der Waals surface area contributed by atoms with Gasteiger partial charge in [-0.25, -0.2) is 0 Å². The van der Waals surface area contributed by atoms with E-state index in [4.69, 9.17) is 11.2 Å². The van der Waals surface area contributed by atoms with E-state index >= 15 is 0 Å². The lowest BCUT2D eigenvalue weighted by Crippen LogP contribution is -1.92. The molecule has 4 aromatic carbocycles. The Bertz CT molecular complexity index is 996. The van der Waals surface area contributed by atoms with Gasteiger partial charge in [-0.05, 0) is 51.1 Å². The summed E-state index contributed by atoms with van der Waals surface area (Å²) in [5.41, 5.74) is 5.57. The van der Waals surface area contributed by atoms with Crippen LogP contribution >= 0.6 is 18.5 Å². The minimum Gasteiger partial charge on any atom is -0.0957 e. The van der Waals surface area contributed by atoms with Crippen LogP contribution < -0.4 is 0 Å². The van der Waals surface area contributed by atoms with E-state index < -0.39 is 7.27 Å². The Kier molecular flexibility index (Phi) is 3.37. The maximum atomic E-state index is 6.74. The Labute approximate surface area is 147 Å². The van der Waals surface area contributed by atoms with Gasteiger partial charge in [0.1, 0.15) is 0 Å². The van der Waals surface area contributed by atoms with Gasteiger partial charge in [-0.1, -0.05) is 84.0 Å². The molecular formula is C22H16ClP. The third-order valence-electron chi connectivity index (χ3n) is 4.96. The van der Waals surface area contributed by atoms with Crippen LogP contribution in [0.15, 0.2) is 72.8 Å². The van der Waals surface area contributed by atoms with Crippen LogP contribution in [-0.4, -0.2) is 0 Å². The highest BCUT2D eigenvalue weighted by Gasteiger charge is 2.23. The predicted octanol–water partition coefficient (Wildman–Crippen LogP) is 7.31. The van der Waals surface area contributed by atoms with Crippen molar-refractivity contribution in [3.05, 3.63) is 83.9 Å². The highest BCUT2D eigenvalue weighted by atomic mass is 35.7. The van der Waals surface area contributed by atoms with E-state index in [2.05, 4.69) is 72.8 Å². The van der Waals surface area contributed by atoms with Gasteiger partial charge in [-0.2, -0.15) is 0 Å². The molecule has 1 heterocycles. The molecule has 0 aromatic heterocycles. The van der Waals surface area contributed by atoms with Gasteiger partial charge in [0.25, 0.3) is 0 Å². The van der Waals surface area contributed by atoms with Crippen molar-refractivity contribution in [3.63, 3.8) is 0 Å². The average Bonchev–Trinajstić information content (AvgIpc) is 2.77. The van der Waals surface area contributed by atoms with Crippen molar-refractivity contribution in [2.45, 2.75) is 12.3 Å². The molecule has 0 N–H and O–H groups in total. The largest absolute Gasteiger partial charge is 0.0957 e. The molecule has 4 aromatic rings. The summed E-state index contributed by atoms with van der Waals surface area (Å²) in [4.78, 5) is 0. The molecule has 24 heavy (non-hydrogen) atoms. The second-order valence-corrected chi connectivity index (χ2v) is 9.41. The van der Waals surface area contributed by atoms with Crippen molar-refractivity contribution in [2.24, 2.45) is 0 Å². The Hall–Kier alpha value is -1.88. The molecule has 0 fully saturated rings. The average molecular weight is 347 g/mol. The van der Waals surface area contributed by atoms with Gasteiger partial charge >= 0.3 is 0 Å². The Balaban J connectivity index is 2.00. The fourth-order valence-electron chi connectivity index (χ4n) is 3.91. The Morgan fingerprint density at radius 1 is 0.583 bits per heavy atom. The van der Waals surface area contributed by atoms with Gasteiger partial charge in [0.15, 0.2) is 0 Å². The minimum absolute atomic E-state index is 0.530. The van der Waals surface area contributed by atoms with Crippen molar-refractivity contribution in [2.75, 3.05) is 0 Å². The lowest BCUT2D eigenvalue weighted by Gasteiger charge is -2.15. The smallest absolute Gasteiger partial charge is 0.00753 e. The van der Waals surface area contributed by atoms with Crippen LogP contribution in [0.3, 0.4) is 0 Å². The molecule has 116 valence electrons. The van der Waals surface area contributed by atoms with E-state index in [1.807, 2.05) is 0 Å². The van der Waals surface area contributed by atoms with Crippen molar-refractivity contribution in [3.8, 4) is 11.1 Å². The van der Waals surface area contributed by atoms with Crippen molar-refractivity contribution in [1.82, 2.24) is 0 Å². The molecule has 0 spiro atoms. The third kappa shape index (κ3) is 2.18. The molecule has 0 radical (unpaired) electrons. The second kappa shape index (κ2) is 5.59. The molecular weight excluding hydrogens is 331 g/mol. The van der Waals surface area contributed by atoms with Gasteiger partial charge in [-0.3, -0.25) is 0 Å². The van der Waals surface area contributed by atoms with Crippen LogP contribution in [-0.2, 0) is 12.3 Å². The molecule has 1 aliphatic heterocycles. The van der Waals surface area contributed by atoms with Gasteiger partial charge in [0.2, 0.25) is 0 Å². The van der Waals surface area contributed by atoms with Crippen LogP contribution in [0, 0.1) is 0 Å². The number of rotatable bonds is 0. The van der Waals surface area contributed by atoms with Crippen LogP contribution in [0.4, 0.5) is 0 Å². The van der Waals surface area contributed by atoms with Crippen molar-refractivity contribution >= 4 is 40.1 Å². The summed E-state index contributed by atoms with van der Waals surface area (Å²) in [5, 5.41) is 5.29. The maximum absolute atomic E-state index is 6.74. The first-order chi connectivity index (χ1) is 11.8. The zero-order chi connectivity index (χ0) is 16.1. The second-order valence-electron chi connectivity index (χ2n) is 6.42. The number of fused-ring (bicyclic) bond motifs is 7. The van der Waals surface area contributed by atoms with Gasteiger partial charge in [-0.15, -0.1) is 0 Å². The van der Waals surface area contributed by atoms with E-state index in [1.165, 1.54) is 43.8 Å². The molecule has 0 bridgehead atoms. The minimum atomic E-state index is -0.530. The Morgan fingerprint density at radius 3 is 1.54 bits per heavy atom. The van der Waals surface area contributed by atoms with Gasteiger partial charge < -0.3 is 0 Å². The van der Waals surface area contributed by atoms with Crippen molar-refractivity contribution < 1.29 is 0 Å². The molecule has 0 amide bonds. The topological polar surface area (TPSA) is 0 Å². The number of hydrogen-bond acceptors (Lipinski definition) is 0. The third-order valence-corrected chi connectivity index (χ3v) is 7.05. The standard InChI is InChI=1S/C22H16ClP/c23-24-13-17-11-9-15-5-1-3-7-19(15)21(17)22-18(14-24)12-10-16-6-2-4-8-20(16)22/h1-12H,13-14H2. The summed E-state index contributed by atoms with van der Waals surface area (Å²) in [5.74, 6) is 0. The normalized spacial score (nSPS) is 14.4. The molecule has 0 aliphatic carbocycles.